The van der Waals surface area contributed by atoms with Gasteiger partial charge < -0.3 is 14.4 Å². The van der Waals surface area contributed by atoms with Gasteiger partial charge in [0.25, 0.3) is 0 Å². The Labute approximate surface area is 225 Å². The number of allylic oxidation sites excluding steroid dienone is 1. The van der Waals surface area contributed by atoms with Crippen LogP contribution in [0.25, 0.3) is 28.3 Å². The number of benzene rings is 3. The number of anilines is 1. The molecule has 8 heteroatoms. The van der Waals surface area contributed by atoms with Gasteiger partial charge in [0.2, 0.25) is 0 Å². The Hall–Kier alpha value is -4.43. The highest BCUT2D eigenvalue weighted by Gasteiger charge is 2.40. The number of amides is 1. The lowest BCUT2D eigenvalue weighted by Gasteiger charge is -2.48. The average Bonchev–Trinajstić information content (AvgIpc) is 3.28. The minimum atomic E-state index is -0.950. The molecule has 3 aliphatic heterocycles. The third kappa shape index (κ3) is 4.79. The van der Waals surface area contributed by atoms with Crippen LogP contribution >= 0.6 is 0 Å². The Morgan fingerprint density at radius 1 is 1.03 bits per heavy atom. The summed E-state index contributed by atoms with van der Waals surface area (Å²) in [5.74, 6) is -0.163. The number of fused-ring (bicyclic) bond motifs is 4. The molecule has 0 saturated carbocycles. The van der Waals surface area contributed by atoms with Gasteiger partial charge in [-0.15, -0.1) is 0 Å². The zero-order chi connectivity index (χ0) is 26.9. The molecule has 0 radical (unpaired) electrons. The van der Waals surface area contributed by atoms with Crippen molar-refractivity contribution in [2.45, 2.75) is 25.4 Å². The molecule has 39 heavy (non-hydrogen) atoms. The predicted octanol–water partition coefficient (Wildman–Crippen LogP) is 5.37. The Kier molecular flexibility index (Phi) is 6.62. The second-order valence-corrected chi connectivity index (χ2v) is 10.2. The van der Waals surface area contributed by atoms with E-state index in [9.17, 15) is 19.5 Å². The van der Waals surface area contributed by atoms with Crippen molar-refractivity contribution in [3.8, 4) is 11.1 Å². The van der Waals surface area contributed by atoms with Crippen LogP contribution in [0, 0.1) is 5.92 Å². The Balaban J connectivity index is 1.36. The van der Waals surface area contributed by atoms with E-state index in [0.29, 0.717) is 28.3 Å². The first kappa shape index (κ1) is 24.9. The van der Waals surface area contributed by atoms with Crippen molar-refractivity contribution in [1.29, 1.82) is 0 Å². The first-order valence-electron chi connectivity index (χ1n) is 13.2. The molecule has 3 saturated heterocycles. The molecule has 1 atom stereocenters. The monoisotopic (exact) mass is 523 g/mol. The maximum absolute atomic E-state index is 12.8. The van der Waals surface area contributed by atoms with E-state index in [1.54, 1.807) is 23.1 Å². The second-order valence-electron chi connectivity index (χ2n) is 10.2. The lowest BCUT2D eigenvalue weighted by molar-refractivity contribution is 0.0838. The van der Waals surface area contributed by atoms with Crippen molar-refractivity contribution < 1.29 is 19.1 Å². The summed E-state index contributed by atoms with van der Waals surface area (Å²) < 4.78 is 6.78. The predicted molar refractivity (Wildman–Crippen MR) is 150 cm³/mol. The van der Waals surface area contributed by atoms with Gasteiger partial charge >= 0.3 is 11.8 Å². The molecular formula is C31H29N3O5. The zero-order valence-corrected chi connectivity index (χ0v) is 21.4. The normalized spacial score (nSPS) is 20.5. The quantitative estimate of drug-likeness (QED) is 0.328. The summed E-state index contributed by atoms with van der Waals surface area (Å²) in [7, 11) is 0. The van der Waals surface area contributed by atoms with Crippen LogP contribution in [-0.4, -0.2) is 52.6 Å². The summed E-state index contributed by atoms with van der Waals surface area (Å²) in [5.41, 5.74) is 4.74. The maximum Gasteiger partial charge on any atom is 0.420 e. The van der Waals surface area contributed by atoms with Gasteiger partial charge in [0, 0.05) is 24.2 Å². The number of carbonyl (C=O) groups is 2. The molecule has 2 bridgehead atoms. The van der Waals surface area contributed by atoms with Crippen molar-refractivity contribution >= 4 is 35.2 Å². The highest BCUT2D eigenvalue weighted by atomic mass is 16.4. The second kappa shape index (κ2) is 10.4. The molecule has 4 aromatic rings. The smallest absolute Gasteiger partial charge is 0.420 e. The largest absolute Gasteiger partial charge is 0.465 e. The molecule has 3 aliphatic rings. The SMILES string of the molecule is O=Cc1ccc2oc(=O)n(C/C=C/c3ccc(-c4ccccc4)c(N(C(=O)O)[C@H]4CN5CCC4CC5)c3)c2c1. The van der Waals surface area contributed by atoms with Crippen LogP contribution in [0.1, 0.15) is 28.8 Å². The number of piperidine rings is 3. The van der Waals surface area contributed by atoms with E-state index in [4.69, 9.17) is 4.42 Å². The highest BCUT2D eigenvalue weighted by Crippen LogP contribution is 2.39. The number of carbonyl (C=O) groups excluding carboxylic acids is 1. The first-order valence-corrected chi connectivity index (χ1v) is 13.2. The van der Waals surface area contributed by atoms with E-state index in [2.05, 4.69) is 4.90 Å². The Bertz CT molecular complexity index is 1610. The van der Waals surface area contributed by atoms with Gasteiger partial charge in [-0.25, -0.2) is 9.59 Å². The fraction of sp³-hybridized carbons (Fsp3) is 0.258. The zero-order valence-electron chi connectivity index (χ0n) is 21.4. The van der Waals surface area contributed by atoms with Crippen LogP contribution < -0.4 is 10.7 Å². The fourth-order valence-electron chi connectivity index (χ4n) is 5.98. The molecule has 198 valence electrons. The topological polar surface area (TPSA) is 96.0 Å². The van der Waals surface area contributed by atoms with Crippen LogP contribution in [0.15, 0.2) is 82.0 Å². The molecule has 0 aliphatic carbocycles. The van der Waals surface area contributed by atoms with Gasteiger partial charge in [-0.1, -0.05) is 54.6 Å². The molecular weight excluding hydrogens is 494 g/mol. The van der Waals surface area contributed by atoms with Crippen molar-refractivity contribution in [2.24, 2.45) is 5.92 Å². The van der Waals surface area contributed by atoms with E-state index < -0.39 is 11.8 Å². The Morgan fingerprint density at radius 2 is 1.79 bits per heavy atom. The van der Waals surface area contributed by atoms with Gasteiger partial charge in [0.15, 0.2) is 5.58 Å². The van der Waals surface area contributed by atoms with E-state index in [1.807, 2.05) is 60.7 Å². The van der Waals surface area contributed by atoms with Crippen LogP contribution in [0.4, 0.5) is 10.5 Å². The lowest BCUT2D eigenvalue weighted by Crippen LogP contribution is -2.59. The number of hydrogen-bond donors (Lipinski definition) is 1. The van der Waals surface area contributed by atoms with Crippen LogP contribution in [0.2, 0.25) is 0 Å². The minimum Gasteiger partial charge on any atom is -0.465 e. The Morgan fingerprint density at radius 3 is 2.49 bits per heavy atom. The molecule has 1 aromatic heterocycles. The van der Waals surface area contributed by atoms with Gasteiger partial charge in [-0.05, 0) is 67.2 Å². The van der Waals surface area contributed by atoms with Crippen LogP contribution in [0.5, 0.6) is 0 Å². The molecule has 1 amide bonds. The number of aromatic nitrogens is 1. The number of hydrogen-bond acceptors (Lipinski definition) is 5. The summed E-state index contributed by atoms with van der Waals surface area (Å²) in [6, 6.07) is 20.4. The van der Waals surface area contributed by atoms with Gasteiger partial charge in [0.1, 0.15) is 6.29 Å². The van der Waals surface area contributed by atoms with Crippen molar-refractivity contribution in [2.75, 3.05) is 24.5 Å². The molecule has 1 N–H and O–H groups in total. The third-order valence-electron chi connectivity index (χ3n) is 7.95. The van der Waals surface area contributed by atoms with Crippen molar-refractivity contribution in [1.82, 2.24) is 9.47 Å². The molecule has 4 heterocycles. The molecule has 0 unspecified atom stereocenters. The first-order chi connectivity index (χ1) is 19.0. The van der Waals surface area contributed by atoms with Crippen molar-refractivity contribution in [3.63, 3.8) is 0 Å². The van der Waals surface area contributed by atoms with E-state index in [1.165, 1.54) is 4.57 Å². The summed E-state index contributed by atoms with van der Waals surface area (Å²) in [5, 5.41) is 10.5. The lowest BCUT2D eigenvalue weighted by atomic mass is 9.82. The number of nitrogens with zero attached hydrogens (tertiary/aromatic N) is 3. The average molecular weight is 524 g/mol. The summed E-state index contributed by atoms with van der Waals surface area (Å²) in [6.07, 6.45) is 5.52. The van der Waals surface area contributed by atoms with Crippen molar-refractivity contribution in [3.05, 3.63) is 94.5 Å². The molecule has 3 aromatic carbocycles. The van der Waals surface area contributed by atoms with E-state index in [0.717, 1.165) is 55.5 Å². The molecule has 7 rings (SSSR count). The summed E-state index contributed by atoms with van der Waals surface area (Å²) >= 11 is 0. The van der Waals surface area contributed by atoms with Gasteiger partial charge in [0.05, 0.1) is 17.2 Å². The fourth-order valence-corrected chi connectivity index (χ4v) is 5.98. The molecule has 8 nitrogen and oxygen atoms in total. The summed E-state index contributed by atoms with van der Waals surface area (Å²) in [6.45, 7) is 3.04. The number of carboxylic acid groups (broad SMARTS) is 1. The number of oxazole rings is 1. The number of aldehydes is 1. The van der Waals surface area contributed by atoms with Crippen LogP contribution in [-0.2, 0) is 6.54 Å². The maximum atomic E-state index is 12.8. The number of rotatable bonds is 7. The van der Waals surface area contributed by atoms with E-state index >= 15 is 0 Å². The highest BCUT2D eigenvalue weighted by molar-refractivity contribution is 5.94. The third-order valence-corrected chi connectivity index (χ3v) is 7.95. The minimum absolute atomic E-state index is 0.102. The summed E-state index contributed by atoms with van der Waals surface area (Å²) in [4.78, 5) is 40.3. The van der Waals surface area contributed by atoms with Crippen LogP contribution in [0.3, 0.4) is 0 Å². The van der Waals surface area contributed by atoms with Gasteiger partial charge in [-0.3, -0.25) is 14.3 Å². The van der Waals surface area contributed by atoms with Gasteiger partial charge in [-0.2, -0.15) is 0 Å². The molecule has 3 fully saturated rings. The van der Waals surface area contributed by atoms with E-state index in [-0.39, 0.29) is 12.6 Å². The molecule has 0 spiro atoms. The standard InChI is InChI=1S/C31H29N3O5/c35-20-22-9-11-29-27(18-22)33(31(38)39-29)14-4-5-21-8-10-25(23-6-2-1-3-7-23)26(17-21)34(30(36)37)28-19-32-15-12-24(28)13-16-32/h1-11,17-18,20,24,28H,12-16,19H2,(H,36,37)/b5-4+/t28-/m0/s1.